The van der Waals surface area contributed by atoms with Gasteiger partial charge in [0.05, 0.1) is 0 Å². The third-order valence-electron chi connectivity index (χ3n) is 15.7. The minimum atomic E-state index is -0.195. The zero-order chi connectivity index (χ0) is 47.4. The Hall–Kier alpha value is -7.68. The van der Waals surface area contributed by atoms with E-state index >= 15 is 0 Å². The van der Waals surface area contributed by atoms with Crippen LogP contribution in [0, 0.1) is 13.8 Å². The molecule has 69 heavy (non-hydrogen) atoms. The Kier molecular flexibility index (Phi) is 9.70. The molecule has 12 rings (SSSR count). The van der Waals surface area contributed by atoms with Gasteiger partial charge in [0, 0.05) is 50.4 Å². The first-order chi connectivity index (χ1) is 33.3. The van der Waals surface area contributed by atoms with Crippen LogP contribution in [0.1, 0.15) is 97.2 Å². The molecule has 0 atom stereocenters. The van der Waals surface area contributed by atoms with Crippen molar-refractivity contribution in [2.24, 2.45) is 0 Å². The largest absolute Gasteiger partial charge is 0.310 e. The number of nitrogens with zero attached hydrogens (tertiary/aromatic N) is 2. The van der Waals surface area contributed by atoms with Crippen LogP contribution in [-0.2, 0) is 16.2 Å². The second kappa shape index (κ2) is 15.7. The molecule has 3 aliphatic rings. The van der Waals surface area contributed by atoms with Crippen LogP contribution in [-0.4, -0.2) is 0 Å². The Labute approximate surface area is 408 Å². The van der Waals surface area contributed by atoms with Crippen molar-refractivity contribution in [2.45, 2.75) is 71.6 Å². The van der Waals surface area contributed by atoms with Gasteiger partial charge in [-0.25, -0.2) is 0 Å². The molecule has 0 heterocycles. The van der Waals surface area contributed by atoms with E-state index in [4.69, 9.17) is 0 Å². The molecule has 9 aromatic rings. The number of aryl methyl sites for hydroxylation is 2. The Balaban J connectivity index is 0.853. The summed E-state index contributed by atoms with van der Waals surface area (Å²) in [7, 11) is 0. The van der Waals surface area contributed by atoms with Gasteiger partial charge in [-0.05, 0) is 176 Å². The van der Waals surface area contributed by atoms with Gasteiger partial charge in [0.1, 0.15) is 0 Å². The van der Waals surface area contributed by atoms with Crippen LogP contribution in [0.3, 0.4) is 0 Å². The van der Waals surface area contributed by atoms with E-state index in [9.17, 15) is 0 Å². The highest BCUT2D eigenvalue weighted by atomic mass is 15.1. The van der Waals surface area contributed by atoms with Crippen LogP contribution in [0.4, 0.5) is 34.1 Å². The number of fused-ring (bicyclic) bond motifs is 9. The first kappa shape index (κ1) is 42.7. The summed E-state index contributed by atoms with van der Waals surface area (Å²) in [6.07, 6.45) is 4.59. The number of hydrogen-bond acceptors (Lipinski definition) is 2. The Morgan fingerprint density at radius 2 is 0.609 bits per heavy atom. The van der Waals surface area contributed by atoms with Crippen LogP contribution in [0.25, 0.3) is 45.5 Å². The molecule has 0 N–H and O–H groups in total. The molecule has 2 heteroatoms. The maximum absolute atomic E-state index is 2.48. The summed E-state index contributed by atoms with van der Waals surface area (Å²) in [4.78, 5) is 4.84. The summed E-state index contributed by atoms with van der Waals surface area (Å²) in [5, 5.41) is 0. The van der Waals surface area contributed by atoms with Crippen molar-refractivity contribution in [3.05, 3.63) is 250 Å². The van der Waals surface area contributed by atoms with Crippen molar-refractivity contribution < 1.29 is 0 Å². The van der Waals surface area contributed by atoms with E-state index in [1.807, 2.05) is 0 Å². The molecule has 336 valence electrons. The summed E-state index contributed by atoms with van der Waals surface area (Å²) in [5.74, 6) is 0. The van der Waals surface area contributed by atoms with Crippen molar-refractivity contribution in [1.29, 1.82) is 0 Å². The maximum atomic E-state index is 2.48. The molecule has 0 bridgehead atoms. The van der Waals surface area contributed by atoms with Gasteiger partial charge in [-0.1, -0.05) is 175 Å². The Morgan fingerprint density at radius 3 is 1.04 bits per heavy atom. The summed E-state index contributed by atoms with van der Waals surface area (Å²) in [5.41, 5.74) is 27.7. The molecule has 0 radical (unpaired) electrons. The quantitative estimate of drug-likeness (QED) is 0.140. The average molecular weight is 891 g/mol. The van der Waals surface area contributed by atoms with Gasteiger partial charge in [-0.2, -0.15) is 0 Å². The zero-order valence-electron chi connectivity index (χ0n) is 41.0. The van der Waals surface area contributed by atoms with Crippen LogP contribution in [0.2, 0.25) is 0 Å². The fraction of sp³-hybridized carbons (Fsp3) is 0.164. The lowest BCUT2D eigenvalue weighted by Crippen LogP contribution is -2.18. The molecule has 0 spiro atoms. The van der Waals surface area contributed by atoms with Crippen molar-refractivity contribution in [1.82, 2.24) is 0 Å². The summed E-state index contributed by atoms with van der Waals surface area (Å²) in [6.45, 7) is 18.7. The lowest BCUT2D eigenvalue weighted by molar-refractivity contribution is 0.659. The average Bonchev–Trinajstić information content (AvgIpc) is 3.82. The number of anilines is 6. The molecule has 0 aliphatic heterocycles. The van der Waals surface area contributed by atoms with Gasteiger partial charge in [0.15, 0.2) is 0 Å². The Morgan fingerprint density at radius 1 is 0.275 bits per heavy atom. The Bertz CT molecular complexity index is 3490. The van der Waals surface area contributed by atoms with Gasteiger partial charge in [0.25, 0.3) is 0 Å². The molecule has 0 amide bonds. The zero-order valence-corrected chi connectivity index (χ0v) is 41.0. The van der Waals surface area contributed by atoms with E-state index in [0.717, 1.165) is 11.4 Å². The van der Waals surface area contributed by atoms with Crippen LogP contribution < -0.4 is 9.80 Å². The number of benzene rings is 9. The number of rotatable bonds is 8. The standard InChI is InChI=1S/C67H58N2/c1-43-35-44(2)37-52(36-43)69(50-28-32-56-53-21-15-16-22-59(53)65(3,4)62(56)41-50)51-29-34-58-55-31-26-46(39-61(55)67(7,8)64(58)42-51)24-23-45-25-30-54-57-33-27-49(40-63(57)66(5,6)60(54)38-45)68(47-17-11-9-12-18-47)48-19-13-10-14-20-48/h9-42H,1-8H3/b24-23+. The predicted molar refractivity (Wildman–Crippen MR) is 293 cm³/mol. The van der Waals surface area contributed by atoms with Crippen LogP contribution in [0.5, 0.6) is 0 Å². The lowest BCUT2D eigenvalue weighted by atomic mass is 9.81. The van der Waals surface area contributed by atoms with E-state index in [1.54, 1.807) is 0 Å². The van der Waals surface area contributed by atoms with E-state index in [1.165, 1.54) is 112 Å². The predicted octanol–water partition coefficient (Wildman–Crippen LogP) is 18.3. The minimum Gasteiger partial charge on any atom is -0.310 e. The summed E-state index contributed by atoms with van der Waals surface area (Å²) < 4.78 is 0. The topological polar surface area (TPSA) is 6.48 Å². The van der Waals surface area contributed by atoms with E-state index in [0.29, 0.717) is 0 Å². The molecule has 0 fully saturated rings. The molecule has 2 nitrogen and oxygen atoms in total. The first-order valence-corrected chi connectivity index (χ1v) is 24.6. The van der Waals surface area contributed by atoms with E-state index in [-0.39, 0.29) is 16.2 Å². The molecule has 0 unspecified atom stereocenters. The molecule has 0 aromatic heterocycles. The van der Waals surface area contributed by atoms with Crippen LogP contribution >= 0.6 is 0 Å². The first-order valence-electron chi connectivity index (χ1n) is 24.6. The van der Waals surface area contributed by atoms with Gasteiger partial charge < -0.3 is 9.80 Å². The van der Waals surface area contributed by atoms with Gasteiger partial charge in [-0.15, -0.1) is 0 Å². The van der Waals surface area contributed by atoms with E-state index < -0.39 is 0 Å². The van der Waals surface area contributed by atoms with Crippen molar-refractivity contribution in [3.63, 3.8) is 0 Å². The highest BCUT2D eigenvalue weighted by Gasteiger charge is 2.39. The van der Waals surface area contributed by atoms with Crippen molar-refractivity contribution >= 4 is 46.3 Å². The maximum Gasteiger partial charge on any atom is 0.0466 e. The monoisotopic (exact) mass is 890 g/mol. The fourth-order valence-corrected chi connectivity index (χ4v) is 12.1. The highest BCUT2D eigenvalue weighted by Crippen LogP contribution is 2.54. The molecular formula is C67H58N2. The number of hydrogen-bond donors (Lipinski definition) is 0. The molecule has 3 aliphatic carbocycles. The van der Waals surface area contributed by atoms with Crippen molar-refractivity contribution in [3.8, 4) is 33.4 Å². The molecule has 0 saturated carbocycles. The summed E-state index contributed by atoms with van der Waals surface area (Å²) in [6, 6.07) is 72.6. The number of para-hydroxylation sites is 2. The molecular weight excluding hydrogens is 833 g/mol. The van der Waals surface area contributed by atoms with Crippen LogP contribution in [0.15, 0.2) is 194 Å². The smallest absolute Gasteiger partial charge is 0.0466 e. The van der Waals surface area contributed by atoms with E-state index in [2.05, 4.69) is 271 Å². The van der Waals surface area contributed by atoms with Gasteiger partial charge in [0.2, 0.25) is 0 Å². The highest BCUT2D eigenvalue weighted by molar-refractivity contribution is 5.90. The second-order valence-electron chi connectivity index (χ2n) is 21.2. The SMILES string of the molecule is Cc1cc(C)cc(N(c2ccc3c(c2)C(C)(C)c2ccccc2-3)c2ccc3c(c2)C(C)(C)c2cc(/C=C/c4ccc5c(c4)C(C)(C)c4cc(N(c6ccccc6)c6ccccc6)ccc4-5)ccc2-3)c1. The molecule has 0 saturated heterocycles. The molecule has 9 aromatic carbocycles. The second-order valence-corrected chi connectivity index (χ2v) is 21.2. The van der Waals surface area contributed by atoms with Gasteiger partial charge >= 0.3 is 0 Å². The minimum absolute atomic E-state index is 0.0911. The fourth-order valence-electron chi connectivity index (χ4n) is 12.1. The third-order valence-corrected chi connectivity index (χ3v) is 15.7. The normalized spacial score (nSPS) is 15.0. The summed E-state index contributed by atoms with van der Waals surface area (Å²) >= 11 is 0. The van der Waals surface area contributed by atoms with Crippen molar-refractivity contribution in [2.75, 3.05) is 9.80 Å². The van der Waals surface area contributed by atoms with Gasteiger partial charge in [-0.3, -0.25) is 0 Å². The lowest BCUT2D eigenvalue weighted by Gasteiger charge is -2.30. The third kappa shape index (κ3) is 6.83.